The Morgan fingerprint density at radius 2 is 2.00 bits per heavy atom. The minimum absolute atomic E-state index is 0. The maximum absolute atomic E-state index is 11.1. The van der Waals surface area contributed by atoms with E-state index in [1.165, 1.54) is 11.1 Å². The van der Waals surface area contributed by atoms with E-state index in [0.717, 1.165) is 32.1 Å². The molecule has 0 heterocycles. The van der Waals surface area contributed by atoms with E-state index in [-0.39, 0.29) is 35.0 Å². The minimum Gasteiger partial charge on any atom is -0.726 e. The van der Waals surface area contributed by atoms with Gasteiger partial charge in [-0.2, -0.15) is 0 Å². The summed E-state index contributed by atoms with van der Waals surface area (Å²) in [5.41, 5.74) is 2.35. The largest absolute Gasteiger partial charge is 1.00 e. The fourth-order valence-electron chi connectivity index (χ4n) is 5.82. The van der Waals surface area contributed by atoms with E-state index in [9.17, 15) is 18.1 Å². The number of aromatic hydroxyl groups is 1. The maximum atomic E-state index is 11.1. The molecule has 1 N–H and O–H groups in total. The summed E-state index contributed by atoms with van der Waals surface area (Å²) >= 11 is 0. The zero-order valence-corrected chi connectivity index (χ0v) is 17.6. The molecule has 2 fully saturated rings. The van der Waals surface area contributed by atoms with Crippen LogP contribution in [-0.2, 0) is 21.0 Å². The van der Waals surface area contributed by atoms with Gasteiger partial charge >= 0.3 is 29.6 Å². The molecule has 0 radical (unpaired) electrons. The Labute approximate surface area is 171 Å². The van der Waals surface area contributed by atoms with Crippen LogP contribution in [0.4, 0.5) is 0 Å². The third-order valence-corrected chi connectivity index (χ3v) is 7.33. The Kier molecular flexibility index (Phi) is 5.35. The normalized spacial score (nSPS) is 36.7. The predicted molar refractivity (Wildman–Crippen MR) is 87.3 cm³/mol. The SMILES string of the molecule is C[C@]12CC[C@@H]3c4ccc(O)cc4CC[C@H]3[C@@H]1CC[C@H]2OS(=O)(=O)[O-].[Na+]. The van der Waals surface area contributed by atoms with Gasteiger partial charge in [0.15, 0.2) is 0 Å². The Morgan fingerprint density at radius 3 is 2.72 bits per heavy atom. The van der Waals surface area contributed by atoms with E-state index >= 15 is 0 Å². The first-order valence-electron chi connectivity index (χ1n) is 8.74. The zero-order chi connectivity index (χ0) is 17.1. The van der Waals surface area contributed by atoms with Crippen LogP contribution in [0.2, 0.25) is 0 Å². The second-order valence-electron chi connectivity index (χ2n) is 7.91. The number of rotatable bonds is 2. The standard InChI is InChI=1S/C18H24O5S.Na/c1-18-9-8-14-13-5-3-12(19)10-11(13)2-4-15(14)16(18)6-7-17(18)23-24(20,21)22;/h3,5,10,14-17,19H,2,4,6-9H2,1H3,(H,20,21,22);/q;+1/p-1/t14-,15-,16+,17-,18+;/m1./s1. The third-order valence-electron chi connectivity index (χ3n) is 6.86. The van der Waals surface area contributed by atoms with Crippen molar-refractivity contribution in [3.05, 3.63) is 29.3 Å². The summed E-state index contributed by atoms with van der Waals surface area (Å²) < 4.78 is 38.2. The van der Waals surface area contributed by atoms with Crippen LogP contribution in [0.15, 0.2) is 18.2 Å². The summed E-state index contributed by atoms with van der Waals surface area (Å²) in [5, 5.41) is 9.72. The molecule has 5 atom stereocenters. The number of phenols is 1. The average Bonchev–Trinajstić information content (AvgIpc) is 2.82. The fourth-order valence-corrected chi connectivity index (χ4v) is 6.42. The summed E-state index contributed by atoms with van der Waals surface area (Å²) in [6.07, 6.45) is 4.95. The summed E-state index contributed by atoms with van der Waals surface area (Å²) in [6.45, 7) is 2.10. The molecule has 0 aliphatic heterocycles. The molecule has 0 spiro atoms. The third kappa shape index (κ3) is 3.42. The van der Waals surface area contributed by atoms with Crippen molar-refractivity contribution in [1.29, 1.82) is 0 Å². The first-order chi connectivity index (χ1) is 11.3. The van der Waals surface area contributed by atoms with E-state index in [1.54, 1.807) is 6.07 Å². The molecule has 25 heavy (non-hydrogen) atoms. The summed E-state index contributed by atoms with van der Waals surface area (Å²) in [5.74, 6) is 1.69. The number of phenolic OH excluding ortho intramolecular Hbond substituents is 1. The average molecular weight is 374 g/mol. The molecule has 132 valence electrons. The van der Waals surface area contributed by atoms with E-state index in [4.69, 9.17) is 4.18 Å². The van der Waals surface area contributed by atoms with Crippen LogP contribution < -0.4 is 29.6 Å². The summed E-state index contributed by atoms with van der Waals surface area (Å²) in [7, 11) is -4.66. The number of fused-ring (bicyclic) bond motifs is 5. The molecular formula is C18H23NaO5S. The van der Waals surface area contributed by atoms with Gasteiger partial charge in [0, 0.05) is 0 Å². The molecule has 0 bridgehead atoms. The Morgan fingerprint density at radius 1 is 1.24 bits per heavy atom. The molecule has 2 saturated carbocycles. The first-order valence-corrected chi connectivity index (χ1v) is 10.1. The van der Waals surface area contributed by atoms with Crippen molar-refractivity contribution in [2.24, 2.45) is 17.3 Å². The molecule has 1 aromatic rings. The Hall–Kier alpha value is -0.110. The molecule has 0 unspecified atom stereocenters. The van der Waals surface area contributed by atoms with E-state index in [1.807, 2.05) is 6.07 Å². The number of benzene rings is 1. The van der Waals surface area contributed by atoms with Crippen molar-refractivity contribution in [3.8, 4) is 5.75 Å². The topological polar surface area (TPSA) is 86.7 Å². The van der Waals surface area contributed by atoms with Crippen molar-refractivity contribution in [3.63, 3.8) is 0 Å². The van der Waals surface area contributed by atoms with Gasteiger partial charge in [0.2, 0.25) is 10.4 Å². The quantitative estimate of drug-likeness (QED) is 0.451. The Balaban J connectivity index is 0.00000182. The van der Waals surface area contributed by atoms with Gasteiger partial charge in [-0.3, -0.25) is 4.18 Å². The van der Waals surface area contributed by atoms with Crippen LogP contribution in [0.25, 0.3) is 0 Å². The Bertz CT molecular complexity index is 765. The van der Waals surface area contributed by atoms with Crippen LogP contribution in [0.5, 0.6) is 5.75 Å². The van der Waals surface area contributed by atoms with Gasteiger partial charge in [0.05, 0.1) is 6.10 Å². The van der Waals surface area contributed by atoms with Gasteiger partial charge in [-0.15, -0.1) is 0 Å². The number of aryl methyl sites for hydroxylation is 1. The monoisotopic (exact) mass is 374 g/mol. The first kappa shape index (κ1) is 19.6. The summed E-state index contributed by atoms with van der Waals surface area (Å²) in [4.78, 5) is 0. The number of hydrogen-bond donors (Lipinski definition) is 1. The van der Waals surface area contributed by atoms with Crippen LogP contribution in [0, 0.1) is 17.3 Å². The van der Waals surface area contributed by atoms with Gasteiger partial charge in [0.25, 0.3) is 0 Å². The van der Waals surface area contributed by atoms with Crippen LogP contribution >= 0.6 is 0 Å². The molecular weight excluding hydrogens is 351 g/mol. The van der Waals surface area contributed by atoms with Gasteiger partial charge in [0.1, 0.15) is 5.75 Å². The van der Waals surface area contributed by atoms with Crippen molar-refractivity contribution in [2.75, 3.05) is 0 Å². The molecule has 5 nitrogen and oxygen atoms in total. The predicted octanol–water partition coefficient (Wildman–Crippen LogP) is 0.0977. The molecule has 4 rings (SSSR count). The van der Waals surface area contributed by atoms with Crippen LogP contribution in [0.1, 0.15) is 56.1 Å². The fraction of sp³-hybridized carbons (Fsp3) is 0.667. The minimum atomic E-state index is -4.66. The van der Waals surface area contributed by atoms with Crippen molar-refractivity contribution >= 4 is 10.4 Å². The van der Waals surface area contributed by atoms with Crippen LogP contribution in [-0.4, -0.2) is 24.2 Å². The molecule has 3 aliphatic rings. The van der Waals surface area contributed by atoms with E-state index < -0.39 is 16.5 Å². The van der Waals surface area contributed by atoms with Gasteiger partial charge < -0.3 is 9.66 Å². The maximum Gasteiger partial charge on any atom is 1.00 e. The van der Waals surface area contributed by atoms with Gasteiger partial charge in [-0.25, -0.2) is 8.42 Å². The molecule has 0 amide bonds. The van der Waals surface area contributed by atoms with Crippen molar-refractivity contribution < 1.29 is 51.8 Å². The molecule has 0 aromatic heterocycles. The molecule has 3 aliphatic carbocycles. The van der Waals surface area contributed by atoms with E-state index in [2.05, 4.69) is 13.0 Å². The van der Waals surface area contributed by atoms with Gasteiger partial charge in [-0.1, -0.05) is 13.0 Å². The van der Waals surface area contributed by atoms with E-state index in [0.29, 0.717) is 29.9 Å². The number of hydrogen-bond acceptors (Lipinski definition) is 5. The molecule has 7 heteroatoms. The van der Waals surface area contributed by atoms with Gasteiger partial charge in [-0.05, 0) is 85.0 Å². The summed E-state index contributed by atoms with van der Waals surface area (Å²) in [6, 6.07) is 5.69. The van der Waals surface area contributed by atoms with Crippen LogP contribution in [0.3, 0.4) is 0 Å². The molecule has 0 saturated heterocycles. The van der Waals surface area contributed by atoms with Crippen molar-refractivity contribution in [2.45, 2.75) is 57.5 Å². The second-order valence-corrected chi connectivity index (χ2v) is 8.92. The zero-order valence-electron chi connectivity index (χ0n) is 14.8. The smallest absolute Gasteiger partial charge is 0.726 e. The second kappa shape index (κ2) is 6.80. The van der Waals surface area contributed by atoms with Crippen molar-refractivity contribution in [1.82, 2.24) is 0 Å². The molecule has 1 aromatic carbocycles.